The highest BCUT2D eigenvalue weighted by Crippen LogP contribution is 2.29. The van der Waals surface area contributed by atoms with Crippen LogP contribution in [0.15, 0.2) is 30.6 Å². The van der Waals surface area contributed by atoms with Gasteiger partial charge in [0.1, 0.15) is 11.4 Å². The Hall–Kier alpha value is -2.25. The topological polar surface area (TPSA) is 68.6 Å². The van der Waals surface area contributed by atoms with Crippen LogP contribution in [0.2, 0.25) is 5.02 Å². The van der Waals surface area contributed by atoms with Crippen LogP contribution in [-0.2, 0) is 23.9 Å². The molecule has 1 N–H and O–H groups in total. The van der Waals surface area contributed by atoms with Crippen molar-refractivity contribution in [2.45, 2.75) is 19.1 Å². The van der Waals surface area contributed by atoms with Gasteiger partial charge in [-0.05, 0) is 19.1 Å². The minimum absolute atomic E-state index is 0.162. The summed E-state index contributed by atoms with van der Waals surface area (Å²) in [5.74, 6) is 0.653. The van der Waals surface area contributed by atoms with Gasteiger partial charge in [0.05, 0.1) is 26.5 Å². The fourth-order valence-corrected chi connectivity index (χ4v) is 3.32. The average Bonchev–Trinajstić information content (AvgIpc) is 3.07. The largest absolute Gasteiger partial charge is 0.496 e. The zero-order chi connectivity index (χ0) is 18.7. The van der Waals surface area contributed by atoms with Gasteiger partial charge < -0.3 is 19.7 Å². The van der Waals surface area contributed by atoms with E-state index < -0.39 is 5.60 Å². The van der Waals surface area contributed by atoms with Crippen LogP contribution >= 0.6 is 11.6 Å². The summed E-state index contributed by atoms with van der Waals surface area (Å²) < 4.78 is 13.0. The molecule has 1 aliphatic rings. The second-order valence-electron chi connectivity index (χ2n) is 6.48. The first-order valence-corrected chi connectivity index (χ1v) is 8.78. The Morgan fingerprint density at radius 2 is 2.31 bits per heavy atom. The number of rotatable bonds is 4. The third kappa shape index (κ3) is 3.78. The molecule has 0 unspecified atom stereocenters. The molecule has 2 aromatic rings. The van der Waals surface area contributed by atoms with Crippen LogP contribution in [0.25, 0.3) is 0 Å². The number of methoxy groups -OCH3 is 1. The fraction of sp³-hybridized carbons (Fsp3) is 0.444. The quantitative estimate of drug-likeness (QED) is 0.887. The summed E-state index contributed by atoms with van der Waals surface area (Å²) in [5, 5.41) is 7.69. The number of nitrogens with one attached hydrogen (secondary N) is 1. The van der Waals surface area contributed by atoms with E-state index in [1.165, 1.54) is 0 Å². The molecule has 1 aromatic carbocycles. The van der Waals surface area contributed by atoms with E-state index in [9.17, 15) is 4.79 Å². The van der Waals surface area contributed by atoms with Gasteiger partial charge in [0.2, 0.25) is 0 Å². The Morgan fingerprint density at radius 3 is 3.00 bits per heavy atom. The molecule has 0 saturated carbocycles. The summed E-state index contributed by atoms with van der Waals surface area (Å²) in [6.45, 7) is 3.71. The van der Waals surface area contributed by atoms with Crippen LogP contribution in [0.3, 0.4) is 0 Å². The van der Waals surface area contributed by atoms with Crippen molar-refractivity contribution >= 4 is 17.6 Å². The monoisotopic (exact) mass is 378 g/mol. The van der Waals surface area contributed by atoms with Crippen molar-refractivity contribution in [2.24, 2.45) is 7.05 Å². The van der Waals surface area contributed by atoms with Crippen LogP contribution in [-0.4, -0.2) is 47.5 Å². The van der Waals surface area contributed by atoms with Crippen molar-refractivity contribution in [3.63, 3.8) is 0 Å². The van der Waals surface area contributed by atoms with Crippen molar-refractivity contribution in [3.05, 3.63) is 46.7 Å². The number of amides is 2. The molecule has 1 aromatic heterocycles. The Morgan fingerprint density at radius 1 is 1.50 bits per heavy atom. The van der Waals surface area contributed by atoms with Crippen LogP contribution in [0.1, 0.15) is 18.1 Å². The maximum absolute atomic E-state index is 12.7. The van der Waals surface area contributed by atoms with E-state index >= 15 is 0 Å². The van der Waals surface area contributed by atoms with Gasteiger partial charge in [0.25, 0.3) is 0 Å². The molecule has 1 atom stereocenters. The van der Waals surface area contributed by atoms with Crippen molar-refractivity contribution in [3.8, 4) is 5.75 Å². The molecule has 0 radical (unpaired) electrons. The number of aryl methyl sites for hydroxylation is 1. The summed E-state index contributed by atoms with van der Waals surface area (Å²) >= 11 is 6.23. The van der Waals surface area contributed by atoms with E-state index in [0.717, 1.165) is 11.1 Å². The van der Waals surface area contributed by atoms with Crippen molar-refractivity contribution < 1.29 is 14.3 Å². The van der Waals surface area contributed by atoms with Gasteiger partial charge >= 0.3 is 6.03 Å². The third-order valence-electron chi connectivity index (χ3n) is 4.59. The summed E-state index contributed by atoms with van der Waals surface area (Å²) in [7, 11) is 3.44. The highest BCUT2D eigenvalue weighted by atomic mass is 35.5. The first-order chi connectivity index (χ1) is 12.4. The molecule has 1 aliphatic heterocycles. The smallest absolute Gasteiger partial charge is 0.317 e. The SMILES string of the molecule is COc1cccc(Cl)c1CNC(=O)N1CCO[C@](C)(c2cnn(C)c2)C1. The Labute approximate surface area is 157 Å². The lowest BCUT2D eigenvalue weighted by atomic mass is 9.97. The number of aromatic nitrogens is 2. The number of carbonyl (C=O) groups excluding carboxylic acids is 1. The van der Waals surface area contributed by atoms with Crippen molar-refractivity contribution in [1.29, 1.82) is 0 Å². The molecule has 0 aliphatic carbocycles. The molecule has 2 heterocycles. The molecule has 140 valence electrons. The standard InChI is InChI=1S/C18H23ClN4O3/c1-18(13-9-21-22(2)11-13)12-23(7-8-26-18)17(24)20-10-14-15(19)5-4-6-16(14)25-3/h4-6,9,11H,7-8,10,12H2,1-3H3,(H,20,24)/t18-/m0/s1. The van der Waals surface area contributed by atoms with Gasteiger partial charge in [0, 0.05) is 42.5 Å². The fourth-order valence-electron chi connectivity index (χ4n) is 3.09. The molecule has 0 spiro atoms. The van der Waals surface area contributed by atoms with E-state index in [2.05, 4.69) is 10.4 Å². The number of urea groups is 1. The number of carbonyl (C=O) groups is 1. The minimum atomic E-state index is -0.577. The van der Waals surface area contributed by atoms with E-state index in [0.29, 0.717) is 37.0 Å². The lowest BCUT2D eigenvalue weighted by Gasteiger charge is -2.40. The lowest BCUT2D eigenvalue weighted by Crippen LogP contribution is -2.53. The summed E-state index contributed by atoms with van der Waals surface area (Å²) in [5.41, 5.74) is 1.13. The molecule has 7 nitrogen and oxygen atoms in total. The van der Waals surface area contributed by atoms with Crippen LogP contribution in [0.5, 0.6) is 5.75 Å². The third-order valence-corrected chi connectivity index (χ3v) is 4.94. The van der Waals surface area contributed by atoms with Gasteiger partial charge in [-0.3, -0.25) is 4.68 Å². The number of benzene rings is 1. The van der Waals surface area contributed by atoms with Crippen molar-refractivity contribution in [2.75, 3.05) is 26.8 Å². The van der Waals surface area contributed by atoms with E-state index in [1.54, 1.807) is 29.0 Å². The van der Waals surface area contributed by atoms with E-state index in [1.807, 2.05) is 32.3 Å². The first-order valence-electron chi connectivity index (χ1n) is 8.40. The zero-order valence-electron chi connectivity index (χ0n) is 15.2. The molecular weight excluding hydrogens is 356 g/mol. The van der Waals surface area contributed by atoms with Gasteiger partial charge in [-0.1, -0.05) is 17.7 Å². The average molecular weight is 379 g/mol. The molecule has 1 saturated heterocycles. The number of nitrogens with zero attached hydrogens (tertiary/aromatic N) is 3. The summed E-state index contributed by atoms with van der Waals surface area (Å²) in [4.78, 5) is 14.4. The van der Waals surface area contributed by atoms with E-state index in [-0.39, 0.29) is 6.03 Å². The van der Waals surface area contributed by atoms with Crippen LogP contribution in [0, 0.1) is 0 Å². The lowest BCUT2D eigenvalue weighted by molar-refractivity contribution is -0.0907. The molecule has 0 bridgehead atoms. The van der Waals surface area contributed by atoms with Gasteiger partial charge in [-0.15, -0.1) is 0 Å². The second-order valence-corrected chi connectivity index (χ2v) is 6.89. The normalized spacial score (nSPS) is 20.1. The number of hydrogen-bond acceptors (Lipinski definition) is 4. The first kappa shape index (κ1) is 18.5. The number of morpholine rings is 1. The maximum atomic E-state index is 12.7. The molecular formula is C18H23ClN4O3. The Kier molecular flexibility index (Phi) is 5.38. The summed E-state index contributed by atoms with van der Waals surface area (Å²) in [6.07, 6.45) is 3.69. The van der Waals surface area contributed by atoms with Crippen LogP contribution < -0.4 is 10.1 Å². The molecule has 3 rings (SSSR count). The predicted molar refractivity (Wildman–Crippen MR) is 98.3 cm³/mol. The van der Waals surface area contributed by atoms with E-state index in [4.69, 9.17) is 21.1 Å². The van der Waals surface area contributed by atoms with Crippen LogP contribution in [0.4, 0.5) is 4.79 Å². The number of ether oxygens (including phenoxy) is 2. The molecule has 1 fully saturated rings. The van der Waals surface area contributed by atoms with Gasteiger partial charge in [-0.2, -0.15) is 5.10 Å². The minimum Gasteiger partial charge on any atom is -0.496 e. The van der Waals surface area contributed by atoms with Gasteiger partial charge in [0.15, 0.2) is 0 Å². The van der Waals surface area contributed by atoms with Crippen molar-refractivity contribution in [1.82, 2.24) is 20.0 Å². The van der Waals surface area contributed by atoms with Gasteiger partial charge in [-0.25, -0.2) is 4.79 Å². The highest BCUT2D eigenvalue weighted by Gasteiger charge is 2.36. The molecule has 26 heavy (non-hydrogen) atoms. The maximum Gasteiger partial charge on any atom is 0.317 e. The molecule has 8 heteroatoms. The molecule has 2 amide bonds. The number of hydrogen-bond donors (Lipinski definition) is 1. The highest BCUT2D eigenvalue weighted by molar-refractivity contribution is 6.31. The second kappa shape index (κ2) is 7.55. The zero-order valence-corrected chi connectivity index (χ0v) is 15.9. The predicted octanol–water partition coefficient (Wildman–Crippen LogP) is 2.54. The Bertz CT molecular complexity index is 794. The summed E-state index contributed by atoms with van der Waals surface area (Å²) in [6, 6.07) is 5.25. The Balaban J connectivity index is 1.67. The number of halogens is 1.